The summed E-state index contributed by atoms with van der Waals surface area (Å²) < 4.78 is 39.4. The Labute approximate surface area is 219 Å². The molecule has 0 aliphatic heterocycles. The van der Waals surface area contributed by atoms with E-state index in [9.17, 15) is 8.42 Å². The van der Waals surface area contributed by atoms with Gasteiger partial charge >= 0.3 is 0 Å². The second kappa shape index (κ2) is 9.41. The van der Waals surface area contributed by atoms with Crippen LogP contribution in [0.5, 0.6) is 0 Å². The molecule has 0 bridgehead atoms. The molecule has 7 nitrogen and oxygen atoms in total. The van der Waals surface area contributed by atoms with Crippen LogP contribution in [0.4, 0.5) is 0 Å². The molecular weight excluding hydrogens is 498 g/mol. The molecular formula is C30H23N3O4S. The summed E-state index contributed by atoms with van der Waals surface area (Å²) in [4.78, 5) is 9.22. The maximum absolute atomic E-state index is 13.2. The summed E-state index contributed by atoms with van der Waals surface area (Å²) in [5.74, 6) is 0.919. The van der Waals surface area contributed by atoms with Gasteiger partial charge in [0.2, 0.25) is 21.8 Å². The van der Waals surface area contributed by atoms with Gasteiger partial charge in [-0.05, 0) is 59.7 Å². The second-order valence-corrected chi connectivity index (χ2v) is 11.1. The molecule has 38 heavy (non-hydrogen) atoms. The van der Waals surface area contributed by atoms with E-state index in [1.165, 1.54) is 18.4 Å². The molecule has 0 fully saturated rings. The minimum Gasteiger partial charge on any atom is -0.436 e. The van der Waals surface area contributed by atoms with Gasteiger partial charge in [0.05, 0.1) is 4.90 Å². The first-order chi connectivity index (χ1) is 18.4. The molecule has 0 N–H and O–H groups in total. The average molecular weight is 522 g/mol. The molecule has 2 aromatic heterocycles. The van der Waals surface area contributed by atoms with Crippen LogP contribution in [-0.2, 0) is 10.0 Å². The lowest BCUT2D eigenvalue weighted by atomic mass is 10.1. The predicted octanol–water partition coefficient (Wildman–Crippen LogP) is 6.72. The van der Waals surface area contributed by atoms with Crippen molar-refractivity contribution in [3.63, 3.8) is 0 Å². The molecule has 2 heterocycles. The molecule has 0 saturated heterocycles. The Morgan fingerprint density at radius 2 is 1.24 bits per heavy atom. The summed E-state index contributed by atoms with van der Waals surface area (Å²) in [6.07, 6.45) is 3.67. The first kappa shape index (κ1) is 23.8. The lowest BCUT2D eigenvalue weighted by molar-refractivity contribution is 0.520. The van der Waals surface area contributed by atoms with E-state index in [1.54, 1.807) is 18.2 Å². The van der Waals surface area contributed by atoms with Gasteiger partial charge in [0, 0.05) is 25.2 Å². The van der Waals surface area contributed by atoms with Crippen molar-refractivity contribution in [2.75, 3.05) is 14.1 Å². The van der Waals surface area contributed by atoms with Crippen LogP contribution in [0.3, 0.4) is 0 Å². The van der Waals surface area contributed by atoms with E-state index >= 15 is 0 Å². The molecule has 0 aliphatic carbocycles. The molecule has 0 unspecified atom stereocenters. The van der Waals surface area contributed by atoms with E-state index in [0.717, 1.165) is 22.2 Å². The highest BCUT2D eigenvalue weighted by Crippen LogP contribution is 2.30. The number of para-hydroxylation sites is 4. The number of hydrogen-bond acceptors (Lipinski definition) is 6. The third-order valence-corrected chi connectivity index (χ3v) is 8.09. The smallest absolute Gasteiger partial charge is 0.243 e. The van der Waals surface area contributed by atoms with Gasteiger partial charge in [-0.25, -0.2) is 22.7 Å². The Morgan fingerprint density at radius 3 is 1.82 bits per heavy atom. The van der Waals surface area contributed by atoms with Crippen molar-refractivity contribution < 1.29 is 17.3 Å². The summed E-state index contributed by atoms with van der Waals surface area (Å²) in [6.45, 7) is 0. The number of sulfonamides is 1. The fourth-order valence-electron chi connectivity index (χ4n) is 4.14. The number of aromatic nitrogens is 2. The lowest BCUT2D eigenvalue weighted by Gasteiger charge is -2.14. The Balaban J connectivity index is 1.33. The third kappa shape index (κ3) is 4.40. The number of rotatable bonds is 6. The van der Waals surface area contributed by atoms with Gasteiger partial charge in [-0.3, -0.25) is 0 Å². The molecule has 6 rings (SSSR count). The molecule has 4 aromatic carbocycles. The summed E-state index contributed by atoms with van der Waals surface area (Å²) in [5, 5.41) is 0. The van der Waals surface area contributed by atoms with Crippen molar-refractivity contribution in [1.29, 1.82) is 0 Å². The van der Waals surface area contributed by atoms with Gasteiger partial charge in [-0.1, -0.05) is 54.6 Å². The minimum absolute atomic E-state index is 0.168. The molecule has 6 aromatic rings. The number of hydrogen-bond donors (Lipinski definition) is 0. The van der Waals surface area contributed by atoms with Gasteiger partial charge in [0.15, 0.2) is 11.2 Å². The fraction of sp³-hybridized carbons (Fsp3) is 0.0667. The largest absolute Gasteiger partial charge is 0.436 e. The number of fused-ring (bicyclic) bond motifs is 2. The number of oxazole rings is 2. The van der Waals surface area contributed by atoms with Crippen molar-refractivity contribution in [3.8, 4) is 22.9 Å². The van der Waals surface area contributed by atoms with Crippen LogP contribution in [0.1, 0.15) is 11.1 Å². The highest BCUT2D eigenvalue weighted by atomic mass is 32.2. The summed E-state index contributed by atoms with van der Waals surface area (Å²) >= 11 is 0. The molecule has 0 amide bonds. The first-order valence-corrected chi connectivity index (χ1v) is 13.4. The highest BCUT2D eigenvalue weighted by molar-refractivity contribution is 7.89. The fourth-order valence-corrected chi connectivity index (χ4v) is 5.24. The van der Waals surface area contributed by atoms with Crippen molar-refractivity contribution in [1.82, 2.24) is 14.3 Å². The Kier molecular flexibility index (Phi) is 5.90. The maximum Gasteiger partial charge on any atom is 0.243 e. The predicted molar refractivity (Wildman–Crippen MR) is 149 cm³/mol. The monoisotopic (exact) mass is 521 g/mol. The minimum atomic E-state index is -3.74. The first-order valence-electron chi connectivity index (χ1n) is 12.0. The van der Waals surface area contributed by atoms with Crippen LogP contribution < -0.4 is 0 Å². The second-order valence-electron chi connectivity index (χ2n) is 8.97. The normalized spacial score (nSPS) is 12.3. The Hall–Kier alpha value is -4.53. The molecule has 0 spiro atoms. The number of nitrogens with zero attached hydrogens (tertiary/aromatic N) is 3. The summed E-state index contributed by atoms with van der Waals surface area (Å²) in [6, 6.07) is 28.0. The number of benzene rings is 4. The zero-order valence-corrected chi connectivity index (χ0v) is 21.5. The van der Waals surface area contributed by atoms with E-state index in [-0.39, 0.29) is 4.90 Å². The van der Waals surface area contributed by atoms with Gasteiger partial charge in [-0.15, -0.1) is 0 Å². The zero-order valence-electron chi connectivity index (χ0n) is 20.7. The third-order valence-electron chi connectivity index (χ3n) is 6.22. The van der Waals surface area contributed by atoms with E-state index in [2.05, 4.69) is 9.97 Å². The lowest BCUT2D eigenvalue weighted by Crippen LogP contribution is -2.23. The SMILES string of the molecule is CN(C)S(=O)(=O)c1cc(-c2nc3ccccc3o2)ccc1C=Cc1ccc(-c2nc3ccccc3o2)cc1. The van der Waals surface area contributed by atoms with Crippen molar-refractivity contribution in [2.45, 2.75) is 4.90 Å². The van der Waals surface area contributed by atoms with Crippen LogP contribution in [0.2, 0.25) is 0 Å². The molecule has 0 saturated carbocycles. The van der Waals surface area contributed by atoms with Gasteiger partial charge < -0.3 is 8.83 Å². The van der Waals surface area contributed by atoms with Crippen molar-refractivity contribution in [2.24, 2.45) is 0 Å². The molecule has 0 aliphatic rings. The van der Waals surface area contributed by atoms with Crippen LogP contribution in [-0.4, -0.2) is 36.8 Å². The van der Waals surface area contributed by atoms with Crippen LogP contribution in [0, 0.1) is 0 Å². The van der Waals surface area contributed by atoms with Crippen LogP contribution in [0.15, 0.2) is 105 Å². The molecule has 0 atom stereocenters. The van der Waals surface area contributed by atoms with Gasteiger partial charge in [-0.2, -0.15) is 0 Å². The summed E-state index contributed by atoms with van der Waals surface area (Å²) in [7, 11) is -0.709. The van der Waals surface area contributed by atoms with Crippen molar-refractivity contribution >= 4 is 44.4 Å². The maximum atomic E-state index is 13.2. The van der Waals surface area contributed by atoms with Crippen LogP contribution >= 0.6 is 0 Å². The molecule has 8 heteroatoms. The molecule has 0 radical (unpaired) electrons. The molecule has 188 valence electrons. The Bertz CT molecular complexity index is 1850. The van der Waals surface area contributed by atoms with E-state index in [4.69, 9.17) is 8.83 Å². The van der Waals surface area contributed by atoms with Crippen LogP contribution in [0.25, 0.3) is 57.3 Å². The zero-order chi connectivity index (χ0) is 26.3. The highest BCUT2D eigenvalue weighted by Gasteiger charge is 2.22. The quantitative estimate of drug-likeness (QED) is 0.226. The van der Waals surface area contributed by atoms with E-state index in [0.29, 0.717) is 34.0 Å². The van der Waals surface area contributed by atoms with Gasteiger partial charge in [0.25, 0.3) is 0 Å². The topological polar surface area (TPSA) is 89.4 Å². The van der Waals surface area contributed by atoms with Crippen molar-refractivity contribution in [3.05, 3.63) is 102 Å². The van der Waals surface area contributed by atoms with E-state index < -0.39 is 10.0 Å². The standard InChI is InChI=1S/C30H23N3O4S/c1-33(2)38(34,35)28-19-23(30-32-25-8-4-6-10-27(25)37-30)18-17-21(28)14-11-20-12-15-22(16-13-20)29-31-24-7-3-5-9-26(24)36-29/h3-19H,1-2H3. The van der Waals surface area contributed by atoms with Gasteiger partial charge in [0.1, 0.15) is 11.0 Å². The Morgan fingerprint density at radius 1 is 0.684 bits per heavy atom. The average Bonchev–Trinajstić information content (AvgIpc) is 3.56. The van der Waals surface area contributed by atoms with E-state index in [1.807, 2.05) is 84.9 Å². The summed E-state index contributed by atoms with van der Waals surface area (Å²) in [5.41, 5.74) is 5.81.